The van der Waals surface area contributed by atoms with E-state index in [1.807, 2.05) is 13.8 Å². The largest absolute Gasteiger partial charge is 0.464 e. The summed E-state index contributed by atoms with van der Waals surface area (Å²) in [4.78, 5) is 11.5. The molecule has 1 aliphatic carbocycles. The molecule has 1 aliphatic heterocycles. The second kappa shape index (κ2) is 3.85. The van der Waals surface area contributed by atoms with Gasteiger partial charge in [0.15, 0.2) is 0 Å². The smallest absolute Gasteiger partial charge is 0.315 e. The predicted octanol–water partition coefficient (Wildman–Crippen LogP) is 2.89. The summed E-state index contributed by atoms with van der Waals surface area (Å²) in [5.74, 6) is 1.03. The molecule has 1 aromatic rings. The molecule has 3 rings (SSSR count). The van der Waals surface area contributed by atoms with Gasteiger partial charge in [-0.2, -0.15) is 0 Å². The van der Waals surface area contributed by atoms with Crippen LogP contribution >= 0.6 is 0 Å². The number of methoxy groups -OCH3 is 1. The zero-order valence-electron chi connectivity index (χ0n) is 10.6. The van der Waals surface area contributed by atoms with Crippen LogP contribution in [-0.4, -0.2) is 13.1 Å². The third-order valence-electron chi connectivity index (χ3n) is 3.43. The molecule has 1 unspecified atom stereocenters. The molecule has 0 spiro atoms. The van der Waals surface area contributed by atoms with Crippen LogP contribution in [-0.2, 0) is 14.3 Å². The highest BCUT2D eigenvalue weighted by Crippen LogP contribution is 2.45. The van der Waals surface area contributed by atoms with E-state index in [-0.39, 0.29) is 12.1 Å². The molecular weight excluding hydrogens is 232 g/mol. The number of fused-ring (bicyclic) bond motifs is 2. The predicted molar refractivity (Wildman–Crippen MR) is 64.6 cm³/mol. The van der Waals surface area contributed by atoms with E-state index in [2.05, 4.69) is 0 Å². The maximum Gasteiger partial charge on any atom is 0.315 e. The maximum atomic E-state index is 11.5. The van der Waals surface area contributed by atoms with Gasteiger partial charge in [0.05, 0.1) is 12.7 Å². The summed E-state index contributed by atoms with van der Waals surface area (Å²) in [6, 6.07) is 0. The van der Waals surface area contributed by atoms with Crippen LogP contribution in [0, 0.1) is 6.92 Å². The standard InChI is InChI=1S/C14H14O4/c1-7-4-11(15)18-10-5-9-13(8(2)6-17-9)14(16-3)12(7)10/h5-6,14H,4H2,1-3H3. The van der Waals surface area contributed by atoms with Crippen LogP contribution < -0.4 is 0 Å². The minimum Gasteiger partial charge on any atom is -0.464 e. The molecule has 2 aliphatic rings. The van der Waals surface area contributed by atoms with E-state index in [9.17, 15) is 4.79 Å². The Kier molecular flexibility index (Phi) is 2.41. The third-order valence-corrected chi connectivity index (χ3v) is 3.43. The highest BCUT2D eigenvalue weighted by molar-refractivity contribution is 5.80. The van der Waals surface area contributed by atoms with Crippen molar-refractivity contribution < 1.29 is 18.7 Å². The third kappa shape index (κ3) is 1.46. The number of carbonyl (C=O) groups is 1. The highest BCUT2D eigenvalue weighted by atomic mass is 16.5. The lowest BCUT2D eigenvalue weighted by Crippen LogP contribution is -2.22. The number of rotatable bonds is 1. The van der Waals surface area contributed by atoms with Crippen molar-refractivity contribution in [1.82, 2.24) is 0 Å². The Labute approximate surface area is 105 Å². The normalized spacial score (nSPS) is 22.3. The van der Waals surface area contributed by atoms with Crippen LogP contribution in [0.3, 0.4) is 0 Å². The van der Waals surface area contributed by atoms with Crippen LogP contribution in [0.4, 0.5) is 0 Å². The van der Waals surface area contributed by atoms with Gasteiger partial charge in [-0.05, 0) is 19.4 Å². The van der Waals surface area contributed by atoms with Gasteiger partial charge >= 0.3 is 5.97 Å². The van der Waals surface area contributed by atoms with E-state index in [4.69, 9.17) is 13.9 Å². The number of aryl methyl sites for hydroxylation is 1. The van der Waals surface area contributed by atoms with Crippen molar-refractivity contribution in [1.29, 1.82) is 0 Å². The minimum atomic E-state index is -0.232. The molecule has 0 saturated heterocycles. The highest BCUT2D eigenvalue weighted by Gasteiger charge is 2.36. The summed E-state index contributed by atoms with van der Waals surface area (Å²) >= 11 is 0. The molecule has 2 heterocycles. The average Bonchev–Trinajstić information content (AvgIpc) is 2.68. The Morgan fingerprint density at radius 3 is 2.89 bits per heavy atom. The quantitative estimate of drug-likeness (QED) is 0.715. The molecule has 4 nitrogen and oxygen atoms in total. The second-order valence-electron chi connectivity index (χ2n) is 4.67. The fraction of sp³-hybridized carbons (Fsp3) is 0.357. The fourth-order valence-corrected chi connectivity index (χ4v) is 2.62. The molecule has 0 bridgehead atoms. The molecule has 94 valence electrons. The number of hydrogen-bond acceptors (Lipinski definition) is 4. The Bertz CT molecular complexity index is 589. The van der Waals surface area contributed by atoms with E-state index in [1.165, 1.54) is 0 Å². The number of esters is 1. The summed E-state index contributed by atoms with van der Waals surface area (Å²) in [6.07, 6.45) is 3.57. The van der Waals surface area contributed by atoms with Crippen molar-refractivity contribution in [2.75, 3.05) is 7.11 Å². The maximum absolute atomic E-state index is 11.5. The molecule has 1 atom stereocenters. The zero-order valence-corrected chi connectivity index (χ0v) is 10.6. The molecule has 0 N–H and O–H groups in total. The molecule has 4 heteroatoms. The first-order chi connectivity index (χ1) is 8.61. The Balaban J connectivity index is 2.24. The lowest BCUT2D eigenvalue weighted by Gasteiger charge is -2.29. The van der Waals surface area contributed by atoms with Gasteiger partial charge in [-0.25, -0.2) is 0 Å². The molecule has 1 aromatic heterocycles. The second-order valence-corrected chi connectivity index (χ2v) is 4.67. The van der Waals surface area contributed by atoms with Crippen LogP contribution in [0.1, 0.15) is 36.3 Å². The van der Waals surface area contributed by atoms with E-state index in [0.29, 0.717) is 17.9 Å². The van der Waals surface area contributed by atoms with Crippen LogP contribution in [0.15, 0.2) is 27.6 Å². The molecular formula is C14H14O4. The summed E-state index contributed by atoms with van der Waals surface area (Å²) in [5.41, 5.74) is 4.02. The van der Waals surface area contributed by atoms with E-state index in [1.54, 1.807) is 19.4 Å². The molecule has 0 radical (unpaired) electrons. The van der Waals surface area contributed by atoms with E-state index < -0.39 is 0 Å². The molecule has 0 fully saturated rings. The van der Waals surface area contributed by atoms with E-state index in [0.717, 1.165) is 22.3 Å². The summed E-state index contributed by atoms with van der Waals surface area (Å²) in [6.45, 7) is 3.92. The zero-order chi connectivity index (χ0) is 12.9. The monoisotopic (exact) mass is 246 g/mol. The average molecular weight is 246 g/mol. The topological polar surface area (TPSA) is 48.7 Å². The molecule has 0 amide bonds. The van der Waals surface area contributed by atoms with Gasteiger partial charge < -0.3 is 13.9 Å². The lowest BCUT2D eigenvalue weighted by atomic mass is 9.87. The van der Waals surface area contributed by atoms with Crippen molar-refractivity contribution in [2.24, 2.45) is 0 Å². The first-order valence-electron chi connectivity index (χ1n) is 5.85. The number of furan rings is 1. The number of ether oxygens (including phenoxy) is 2. The van der Waals surface area contributed by atoms with Gasteiger partial charge in [0.1, 0.15) is 17.6 Å². The van der Waals surface area contributed by atoms with Gasteiger partial charge in [-0.1, -0.05) is 5.57 Å². The first-order valence-corrected chi connectivity index (χ1v) is 5.85. The van der Waals surface area contributed by atoms with Crippen LogP contribution in [0.2, 0.25) is 0 Å². The van der Waals surface area contributed by atoms with Gasteiger partial charge in [0.2, 0.25) is 0 Å². The Morgan fingerprint density at radius 2 is 2.17 bits per heavy atom. The summed E-state index contributed by atoms with van der Waals surface area (Å²) in [7, 11) is 1.65. The van der Waals surface area contributed by atoms with Gasteiger partial charge in [0, 0.05) is 24.3 Å². The molecule has 18 heavy (non-hydrogen) atoms. The summed E-state index contributed by atoms with van der Waals surface area (Å²) < 4.78 is 16.3. The van der Waals surface area contributed by atoms with Crippen molar-refractivity contribution in [3.63, 3.8) is 0 Å². The van der Waals surface area contributed by atoms with Crippen molar-refractivity contribution in [2.45, 2.75) is 26.4 Å². The van der Waals surface area contributed by atoms with Gasteiger partial charge in [0.25, 0.3) is 0 Å². The number of hydrogen-bond donors (Lipinski definition) is 0. The lowest BCUT2D eigenvalue weighted by molar-refractivity contribution is -0.139. The van der Waals surface area contributed by atoms with Crippen LogP contribution in [0.25, 0.3) is 6.08 Å². The van der Waals surface area contributed by atoms with Crippen molar-refractivity contribution >= 4 is 12.0 Å². The Hall–Kier alpha value is -1.81. The molecule has 0 aromatic carbocycles. The fourth-order valence-electron chi connectivity index (χ4n) is 2.62. The van der Waals surface area contributed by atoms with Crippen molar-refractivity contribution in [3.05, 3.63) is 40.1 Å². The van der Waals surface area contributed by atoms with Gasteiger partial charge in [-0.15, -0.1) is 0 Å². The van der Waals surface area contributed by atoms with Crippen LogP contribution in [0.5, 0.6) is 0 Å². The van der Waals surface area contributed by atoms with Crippen molar-refractivity contribution in [3.8, 4) is 0 Å². The first kappa shape index (κ1) is 11.3. The number of carbonyl (C=O) groups excluding carboxylic acids is 1. The van der Waals surface area contributed by atoms with E-state index >= 15 is 0 Å². The minimum absolute atomic E-state index is 0.216. The Morgan fingerprint density at radius 1 is 1.39 bits per heavy atom. The SMILES string of the molecule is COC1C2=C(C)CC(=O)OC2=Cc2occ(C)c21. The van der Waals surface area contributed by atoms with Gasteiger partial charge in [-0.3, -0.25) is 4.79 Å². The molecule has 0 saturated carbocycles. The summed E-state index contributed by atoms with van der Waals surface area (Å²) in [5, 5.41) is 0.